The first kappa shape index (κ1) is 12.0. The molecule has 0 aromatic heterocycles. The molecule has 0 spiro atoms. The minimum absolute atomic E-state index is 0.104. The fourth-order valence-corrected chi connectivity index (χ4v) is 2.49. The van der Waals surface area contributed by atoms with Crippen LogP contribution in [0, 0.1) is 12.3 Å². The van der Waals surface area contributed by atoms with Gasteiger partial charge in [-0.25, -0.2) is 0 Å². The third kappa shape index (κ3) is 3.25. The summed E-state index contributed by atoms with van der Waals surface area (Å²) >= 11 is 0. The topological polar surface area (TPSA) is 40.5 Å². The van der Waals surface area contributed by atoms with E-state index in [1.54, 1.807) is 0 Å². The predicted octanol–water partition coefficient (Wildman–Crippen LogP) is 2.29. The van der Waals surface area contributed by atoms with Gasteiger partial charge in [0, 0.05) is 0 Å². The first-order valence-corrected chi connectivity index (χ1v) is 5.81. The highest BCUT2D eigenvalue weighted by molar-refractivity contribution is 4.84. The lowest BCUT2D eigenvalue weighted by Crippen LogP contribution is -2.26. The van der Waals surface area contributed by atoms with Crippen LogP contribution < -0.4 is 0 Å². The zero-order valence-electron chi connectivity index (χ0n) is 9.04. The van der Waals surface area contributed by atoms with Crippen molar-refractivity contribution < 1.29 is 10.2 Å². The first-order valence-electron chi connectivity index (χ1n) is 5.81. The van der Waals surface area contributed by atoms with Crippen LogP contribution in [0.1, 0.15) is 51.4 Å². The SMILES string of the molecule is [CH2]CC1(CCC(O)CO)CCCCC1. The van der Waals surface area contributed by atoms with Gasteiger partial charge < -0.3 is 10.2 Å². The summed E-state index contributed by atoms with van der Waals surface area (Å²) in [5, 5.41) is 18.1. The van der Waals surface area contributed by atoms with Crippen molar-refractivity contribution >= 4 is 0 Å². The van der Waals surface area contributed by atoms with Gasteiger partial charge in [0.2, 0.25) is 0 Å². The summed E-state index contributed by atoms with van der Waals surface area (Å²) in [6, 6.07) is 0. The fourth-order valence-electron chi connectivity index (χ4n) is 2.49. The molecule has 0 heterocycles. The summed E-state index contributed by atoms with van der Waals surface area (Å²) in [6.45, 7) is 3.94. The maximum Gasteiger partial charge on any atom is 0.0771 e. The van der Waals surface area contributed by atoms with E-state index in [1.165, 1.54) is 32.1 Å². The molecule has 1 saturated carbocycles. The summed E-state index contributed by atoms with van der Waals surface area (Å²) in [7, 11) is 0. The lowest BCUT2D eigenvalue weighted by Gasteiger charge is -2.37. The van der Waals surface area contributed by atoms with Crippen molar-refractivity contribution in [2.24, 2.45) is 5.41 Å². The maximum atomic E-state index is 9.33. The molecule has 2 heteroatoms. The van der Waals surface area contributed by atoms with Crippen LogP contribution in [0.5, 0.6) is 0 Å². The second-order valence-electron chi connectivity index (χ2n) is 4.69. The van der Waals surface area contributed by atoms with Crippen molar-refractivity contribution in [2.75, 3.05) is 6.61 Å². The summed E-state index contributed by atoms with van der Waals surface area (Å²) in [5.74, 6) is 0. The predicted molar refractivity (Wildman–Crippen MR) is 57.8 cm³/mol. The Morgan fingerprint density at radius 2 is 1.86 bits per heavy atom. The Morgan fingerprint density at radius 1 is 1.21 bits per heavy atom. The number of aliphatic hydroxyl groups is 2. The van der Waals surface area contributed by atoms with E-state index < -0.39 is 6.10 Å². The van der Waals surface area contributed by atoms with Crippen LogP contribution in [0.4, 0.5) is 0 Å². The Hall–Kier alpha value is -0.0800. The normalized spacial score (nSPS) is 23.4. The summed E-state index contributed by atoms with van der Waals surface area (Å²) in [5.41, 5.74) is 0.369. The van der Waals surface area contributed by atoms with Gasteiger partial charge in [-0.1, -0.05) is 26.2 Å². The Balaban J connectivity index is 2.36. The van der Waals surface area contributed by atoms with Crippen molar-refractivity contribution in [2.45, 2.75) is 57.5 Å². The minimum Gasteiger partial charge on any atom is -0.394 e. The largest absolute Gasteiger partial charge is 0.394 e. The molecule has 0 amide bonds. The highest BCUT2D eigenvalue weighted by Crippen LogP contribution is 2.42. The van der Waals surface area contributed by atoms with Gasteiger partial charge in [0.1, 0.15) is 0 Å². The van der Waals surface area contributed by atoms with Crippen molar-refractivity contribution in [3.63, 3.8) is 0 Å². The summed E-state index contributed by atoms with van der Waals surface area (Å²) in [4.78, 5) is 0. The van der Waals surface area contributed by atoms with Gasteiger partial charge in [-0.3, -0.25) is 0 Å². The van der Waals surface area contributed by atoms with E-state index in [0.717, 1.165) is 19.3 Å². The van der Waals surface area contributed by atoms with E-state index in [2.05, 4.69) is 6.92 Å². The van der Waals surface area contributed by atoms with Crippen LogP contribution in [0.25, 0.3) is 0 Å². The molecule has 2 N–H and O–H groups in total. The Labute approximate surface area is 87.3 Å². The molecule has 0 saturated heterocycles. The van der Waals surface area contributed by atoms with Gasteiger partial charge in [0.05, 0.1) is 12.7 Å². The molecular formula is C12H23O2. The van der Waals surface area contributed by atoms with E-state index in [4.69, 9.17) is 5.11 Å². The molecule has 1 unspecified atom stereocenters. The summed E-state index contributed by atoms with van der Waals surface area (Å²) < 4.78 is 0. The molecule has 1 aliphatic rings. The maximum absolute atomic E-state index is 9.33. The molecule has 0 bridgehead atoms. The number of rotatable bonds is 5. The molecule has 1 atom stereocenters. The molecule has 14 heavy (non-hydrogen) atoms. The monoisotopic (exact) mass is 199 g/mol. The van der Waals surface area contributed by atoms with Gasteiger partial charge in [0.15, 0.2) is 0 Å². The van der Waals surface area contributed by atoms with Crippen LogP contribution in [0.2, 0.25) is 0 Å². The zero-order chi connectivity index (χ0) is 10.4. The number of aliphatic hydroxyl groups excluding tert-OH is 2. The van der Waals surface area contributed by atoms with Crippen LogP contribution in [-0.2, 0) is 0 Å². The van der Waals surface area contributed by atoms with E-state index >= 15 is 0 Å². The van der Waals surface area contributed by atoms with E-state index in [-0.39, 0.29) is 6.61 Å². The number of hydrogen-bond acceptors (Lipinski definition) is 2. The third-order valence-corrected chi connectivity index (χ3v) is 3.66. The van der Waals surface area contributed by atoms with Gasteiger partial charge in [-0.2, -0.15) is 0 Å². The van der Waals surface area contributed by atoms with Crippen molar-refractivity contribution in [1.82, 2.24) is 0 Å². The molecule has 1 radical (unpaired) electrons. The molecule has 0 aromatic rings. The van der Waals surface area contributed by atoms with Crippen molar-refractivity contribution in [3.8, 4) is 0 Å². The minimum atomic E-state index is -0.527. The van der Waals surface area contributed by atoms with Crippen molar-refractivity contribution in [1.29, 1.82) is 0 Å². The van der Waals surface area contributed by atoms with Gasteiger partial charge in [-0.05, 0) is 37.5 Å². The third-order valence-electron chi connectivity index (χ3n) is 3.66. The van der Waals surface area contributed by atoms with Gasteiger partial charge in [0.25, 0.3) is 0 Å². The zero-order valence-corrected chi connectivity index (χ0v) is 9.04. The molecule has 1 aliphatic carbocycles. The Bertz CT molecular complexity index is 150. The van der Waals surface area contributed by atoms with Crippen LogP contribution >= 0.6 is 0 Å². The fraction of sp³-hybridized carbons (Fsp3) is 0.917. The van der Waals surface area contributed by atoms with Gasteiger partial charge in [-0.15, -0.1) is 0 Å². The standard InChI is InChI=1S/C12H23O2/c1-2-12(7-4-3-5-8-12)9-6-11(14)10-13/h11,13-14H,1-10H2. The lowest BCUT2D eigenvalue weighted by molar-refractivity contribution is 0.0642. The van der Waals surface area contributed by atoms with Crippen molar-refractivity contribution in [3.05, 3.63) is 6.92 Å². The molecule has 0 aromatic carbocycles. The van der Waals surface area contributed by atoms with E-state index in [1.807, 2.05) is 0 Å². The molecule has 0 aliphatic heterocycles. The Kier molecular flexibility index (Phi) is 4.90. The van der Waals surface area contributed by atoms with Crippen LogP contribution in [-0.4, -0.2) is 22.9 Å². The molecule has 83 valence electrons. The van der Waals surface area contributed by atoms with E-state index in [0.29, 0.717) is 5.41 Å². The highest BCUT2D eigenvalue weighted by Gasteiger charge is 2.30. The lowest BCUT2D eigenvalue weighted by atomic mass is 9.69. The Morgan fingerprint density at radius 3 is 2.36 bits per heavy atom. The number of hydrogen-bond donors (Lipinski definition) is 2. The first-order chi connectivity index (χ1) is 6.72. The molecular weight excluding hydrogens is 176 g/mol. The average molecular weight is 199 g/mol. The molecule has 2 nitrogen and oxygen atoms in total. The highest BCUT2D eigenvalue weighted by atomic mass is 16.3. The second-order valence-corrected chi connectivity index (χ2v) is 4.69. The van der Waals surface area contributed by atoms with Crippen LogP contribution in [0.3, 0.4) is 0 Å². The smallest absolute Gasteiger partial charge is 0.0771 e. The van der Waals surface area contributed by atoms with E-state index in [9.17, 15) is 5.11 Å². The quantitative estimate of drug-likeness (QED) is 0.713. The second kappa shape index (κ2) is 5.72. The molecule has 1 fully saturated rings. The molecule has 1 rings (SSSR count). The summed E-state index contributed by atoms with van der Waals surface area (Å²) in [6.07, 6.45) is 8.69. The van der Waals surface area contributed by atoms with Gasteiger partial charge >= 0.3 is 0 Å². The van der Waals surface area contributed by atoms with Crippen LogP contribution in [0.15, 0.2) is 0 Å². The average Bonchev–Trinajstić information content (AvgIpc) is 2.27.